The van der Waals surface area contributed by atoms with Crippen molar-refractivity contribution in [3.05, 3.63) is 64.2 Å². The maximum absolute atomic E-state index is 12.7. The number of ether oxygens (including phenoxy) is 1. The molecule has 0 fully saturated rings. The van der Waals surface area contributed by atoms with Gasteiger partial charge in [-0.2, -0.15) is 0 Å². The fourth-order valence-electron chi connectivity index (χ4n) is 3.74. The third-order valence-corrected chi connectivity index (χ3v) is 5.23. The molecule has 2 aromatic carbocycles. The number of aryl methyl sites for hydroxylation is 3. The Morgan fingerprint density at radius 1 is 1.08 bits per heavy atom. The number of amides is 1. The van der Waals surface area contributed by atoms with Crippen molar-refractivity contribution in [1.82, 2.24) is 5.32 Å². The third kappa shape index (κ3) is 4.09. The van der Waals surface area contributed by atoms with Crippen molar-refractivity contribution in [1.29, 1.82) is 0 Å². The van der Waals surface area contributed by atoms with Crippen LogP contribution in [0.5, 0.6) is 5.75 Å². The first-order valence-electron chi connectivity index (χ1n) is 9.78. The van der Waals surface area contributed by atoms with Crippen molar-refractivity contribution in [3.8, 4) is 5.75 Å². The first kappa shape index (κ1) is 18.5. The molecule has 0 saturated heterocycles. The van der Waals surface area contributed by atoms with Crippen molar-refractivity contribution in [2.75, 3.05) is 6.61 Å². The molecule has 1 N–H and O–H groups in total. The van der Waals surface area contributed by atoms with Crippen LogP contribution in [0, 0.1) is 6.92 Å². The molecule has 0 spiro atoms. The van der Waals surface area contributed by atoms with Crippen LogP contribution >= 0.6 is 0 Å². The molecule has 0 aromatic heterocycles. The monoisotopic (exact) mass is 351 g/mol. The predicted octanol–water partition coefficient (Wildman–Crippen LogP) is 5.15. The highest BCUT2D eigenvalue weighted by Crippen LogP contribution is 2.26. The van der Waals surface area contributed by atoms with Crippen molar-refractivity contribution in [2.24, 2.45) is 0 Å². The van der Waals surface area contributed by atoms with Gasteiger partial charge in [0.25, 0.3) is 5.91 Å². The molecule has 1 aliphatic rings. The highest BCUT2D eigenvalue weighted by atomic mass is 16.5. The maximum Gasteiger partial charge on any atom is 0.251 e. The molecule has 0 saturated carbocycles. The Balaban J connectivity index is 1.75. The number of carbonyl (C=O) groups is 1. The Kier molecular flexibility index (Phi) is 5.97. The summed E-state index contributed by atoms with van der Waals surface area (Å²) in [6, 6.07) is 12.4. The molecule has 0 aliphatic heterocycles. The Labute approximate surface area is 156 Å². The van der Waals surface area contributed by atoms with Gasteiger partial charge in [-0.3, -0.25) is 4.79 Å². The van der Waals surface area contributed by atoms with Gasteiger partial charge in [-0.1, -0.05) is 25.1 Å². The van der Waals surface area contributed by atoms with Crippen molar-refractivity contribution >= 4 is 5.91 Å². The average Bonchev–Trinajstić information content (AvgIpc) is 2.67. The standard InChI is InChI=1S/C23H29NO2/c1-4-21(19-11-10-17-8-6-7-9-18(17)15-19)24-23(25)20-12-13-22(26-5-2)16(3)14-20/h10-15,21H,4-9H2,1-3H3,(H,24,25). The number of fused-ring (bicyclic) bond motifs is 1. The summed E-state index contributed by atoms with van der Waals surface area (Å²) in [5.41, 5.74) is 5.81. The van der Waals surface area contributed by atoms with Crippen LogP contribution in [0.25, 0.3) is 0 Å². The van der Waals surface area contributed by atoms with E-state index in [1.54, 1.807) is 0 Å². The van der Waals surface area contributed by atoms with Crippen LogP contribution in [0.3, 0.4) is 0 Å². The van der Waals surface area contributed by atoms with Gasteiger partial charge in [0.15, 0.2) is 0 Å². The molecule has 1 unspecified atom stereocenters. The van der Waals surface area contributed by atoms with E-state index < -0.39 is 0 Å². The topological polar surface area (TPSA) is 38.3 Å². The van der Waals surface area contributed by atoms with E-state index in [0.29, 0.717) is 12.2 Å². The van der Waals surface area contributed by atoms with Crippen LogP contribution in [0.15, 0.2) is 36.4 Å². The van der Waals surface area contributed by atoms with E-state index in [2.05, 4.69) is 30.4 Å². The minimum absolute atomic E-state index is 0.0271. The van der Waals surface area contributed by atoms with Gasteiger partial charge < -0.3 is 10.1 Å². The minimum atomic E-state index is -0.0271. The van der Waals surface area contributed by atoms with Gasteiger partial charge in [-0.15, -0.1) is 0 Å². The highest BCUT2D eigenvalue weighted by Gasteiger charge is 2.17. The summed E-state index contributed by atoms with van der Waals surface area (Å²) in [4.78, 5) is 12.7. The molecule has 0 radical (unpaired) electrons. The lowest BCUT2D eigenvalue weighted by Gasteiger charge is -2.22. The van der Waals surface area contributed by atoms with Gasteiger partial charge in [-0.25, -0.2) is 0 Å². The Morgan fingerprint density at radius 3 is 2.54 bits per heavy atom. The summed E-state index contributed by atoms with van der Waals surface area (Å²) in [5.74, 6) is 0.812. The molecular formula is C23H29NO2. The maximum atomic E-state index is 12.7. The van der Waals surface area contributed by atoms with Crippen LogP contribution in [0.1, 0.15) is 71.8 Å². The summed E-state index contributed by atoms with van der Waals surface area (Å²) < 4.78 is 5.56. The molecule has 3 nitrogen and oxygen atoms in total. The van der Waals surface area contributed by atoms with Gasteiger partial charge >= 0.3 is 0 Å². The number of hydrogen-bond donors (Lipinski definition) is 1. The summed E-state index contributed by atoms with van der Waals surface area (Å²) in [6.07, 6.45) is 5.78. The lowest BCUT2D eigenvalue weighted by Crippen LogP contribution is -2.28. The summed E-state index contributed by atoms with van der Waals surface area (Å²) >= 11 is 0. The SMILES string of the molecule is CCOc1ccc(C(=O)NC(CC)c2ccc3c(c2)CCCC3)cc1C. The molecule has 1 aliphatic carbocycles. The van der Waals surface area contributed by atoms with Crippen molar-refractivity contribution in [2.45, 2.75) is 58.9 Å². The Bertz CT molecular complexity index is 782. The second-order valence-electron chi connectivity index (χ2n) is 7.08. The average molecular weight is 351 g/mol. The van der Waals surface area contributed by atoms with Crippen LogP contribution in [0.4, 0.5) is 0 Å². The molecule has 26 heavy (non-hydrogen) atoms. The molecule has 2 aromatic rings. The van der Waals surface area contributed by atoms with E-state index in [-0.39, 0.29) is 11.9 Å². The van der Waals surface area contributed by atoms with Crippen molar-refractivity contribution < 1.29 is 9.53 Å². The molecule has 3 rings (SSSR count). The first-order valence-corrected chi connectivity index (χ1v) is 9.78. The zero-order valence-corrected chi connectivity index (χ0v) is 16.1. The third-order valence-electron chi connectivity index (χ3n) is 5.23. The largest absolute Gasteiger partial charge is 0.494 e. The van der Waals surface area contributed by atoms with E-state index in [4.69, 9.17) is 4.74 Å². The quantitative estimate of drug-likeness (QED) is 0.781. The molecular weight excluding hydrogens is 322 g/mol. The van der Waals surface area contributed by atoms with Gasteiger partial charge in [0.05, 0.1) is 12.6 Å². The minimum Gasteiger partial charge on any atom is -0.494 e. The summed E-state index contributed by atoms with van der Waals surface area (Å²) in [7, 11) is 0. The lowest BCUT2D eigenvalue weighted by atomic mass is 9.88. The van der Waals surface area contributed by atoms with Gasteiger partial charge in [0.2, 0.25) is 0 Å². The van der Waals surface area contributed by atoms with E-state index >= 15 is 0 Å². The molecule has 3 heteroatoms. The fraction of sp³-hybridized carbons (Fsp3) is 0.435. The number of benzene rings is 2. The second kappa shape index (κ2) is 8.39. The molecule has 1 atom stereocenters. The predicted molar refractivity (Wildman–Crippen MR) is 106 cm³/mol. The summed E-state index contributed by atoms with van der Waals surface area (Å²) in [5, 5.41) is 3.21. The Morgan fingerprint density at radius 2 is 1.85 bits per heavy atom. The smallest absolute Gasteiger partial charge is 0.251 e. The zero-order valence-electron chi connectivity index (χ0n) is 16.1. The summed E-state index contributed by atoms with van der Waals surface area (Å²) in [6.45, 7) is 6.68. The highest BCUT2D eigenvalue weighted by molar-refractivity contribution is 5.94. The van der Waals surface area contributed by atoms with E-state index in [9.17, 15) is 4.79 Å². The molecule has 0 bridgehead atoms. The first-order chi connectivity index (χ1) is 12.6. The number of nitrogens with one attached hydrogen (secondary N) is 1. The number of rotatable bonds is 6. The Hall–Kier alpha value is -2.29. The normalized spacial score (nSPS) is 14.4. The molecule has 138 valence electrons. The van der Waals surface area contributed by atoms with E-state index in [0.717, 1.165) is 24.2 Å². The van der Waals surface area contributed by atoms with Crippen LogP contribution in [0.2, 0.25) is 0 Å². The zero-order chi connectivity index (χ0) is 18.5. The second-order valence-corrected chi connectivity index (χ2v) is 7.08. The van der Waals surface area contributed by atoms with E-state index in [1.165, 1.54) is 36.0 Å². The molecule has 0 heterocycles. The fourth-order valence-corrected chi connectivity index (χ4v) is 3.74. The van der Waals surface area contributed by atoms with Crippen LogP contribution in [-0.2, 0) is 12.8 Å². The van der Waals surface area contributed by atoms with Crippen LogP contribution in [-0.4, -0.2) is 12.5 Å². The van der Waals surface area contributed by atoms with Crippen molar-refractivity contribution in [3.63, 3.8) is 0 Å². The number of hydrogen-bond acceptors (Lipinski definition) is 2. The van der Waals surface area contributed by atoms with Gasteiger partial charge in [0, 0.05) is 5.56 Å². The molecule has 1 amide bonds. The lowest BCUT2D eigenvalue weighted by molar-refractivity contribution is 0.0935. The number of carbonyl (C=O) groups excluding carboxylic acids is 1. The van der Waals surface area contributed by atoms with Gasteiger partial charge in [0.1, 0.15) is 5.75 Å². The van der Waals surface area contributed by atoms with Gasteiger partial charge in [-0.05, 0) is 86.4 Å². The van der Waals surface area contributed by atoms with E-state index in [1.807, 2.05) is 32.0 Å². The van der Waals surface area contributed by atoms with Crippen LogP contribution < -0.4 is 10.1 Å².